The van der Waals surface area contributed by atoms with Gasteiger partial charge in [-0.2, -0.15) is 5.26 Å². The molecule has 2 rings (SSSR count). The van der Waals surface area contributed by atoms with Gasteiger partial charge in [0.25, 0.3) is 0 Å². The molecule has 0 amide bonds. The molecule has 1 atom stereocenters. The number of aromatic nitrogens is 1. The molecular weight excluding hydrogens is 239 g/mol. The summed E-state index contributed by atoms with van der Waals surface area (Å²) in [6, 6.07) is 7.64. The fourth-order valence-electron chi connectivity index (χ4n) is 1.46. The van der Waals surface area contributed by atoms with Gasteiger partial charge in [-0.25, -0.2) is 4.39 Å². The summed E-state index contributed by atoms with van der Waals surface area (Å²) in [5.41, 5.74) is 1.61. The number of halogens is 1. The minimum absolute atomic E-state index is 0.105. The predicted octanol–water partition coefficient (Wildman–Crippen LogP) is 2.77. The molecule has 1 aromatic carbocycles. The smallest absolute Gasteiger partial charge is 0.196 e. The van der Waals surface area contributed by atoms with Crippen LogP contribution in [0.5, 0.6) is 0 Å². The number of thiazole rings is 1. The Bertz CT molecular complexity index is 574. The van der Waals surface area contributed by atoms with Crippen molar-refractivity contribution in [3.05, 3.63) is 52.2 Å². The van der Waals surface area contributed by atoms with Crippen LogP contribution in [0.3, 0.4) is 0 Å². The van der Waals surface area contributed by atoms with Crippen LogP contribution in [-0.2, 0) is 0 Å². The Labute approximate surface area is 101 Å². The molecule has 3 nitrogen and oxygen atoms in total. The van der Waals surface area contributed by atoms with Crippen LogP contribution >= 0.6 is 11.3 Å². The maximum atomic E-state index is 13.5. The molecule has 0 N–H and O–H groups in total. The van der Waals surface area contributed by atoms with E-state index in [-0.39, 0.29) is 5.56 Å². The van der Waals surface area contributed by atoms with Crippen molar-refractivity contribution in [3.63, 3.8) is 0 Å². The summed E-state index contributed by atoms with van der Waals surface area (Å²) in [7, 11) is 0. The number of hydrogen-bond acceptors (Lipinski definition) is 4. The number of ketones is 1. The van der Waals surface area contributed by atoms with E-state index in [9.17, 15) is 9.18 Å². The lowest BCUT2D eigenvalue weighted by Gasteiger charge is -2.07. The predicted molar refractivity (Wildman–Crippen MR) is 61.2 cm³/mol. The first kappa shape index (κ1) is 11.4. The number of nitrogens with zero attached hydrogens (tertiary/aromatic N) is 2. The van der Waals surface area contributed by atoms with Crippen molar-refractivity contribution < 1.29 is 9.18 Å². The van der Waals surface area contributed by atoms with Crippen molar-refractivity contribution in [2.45, 2.75) is 5.92 Å². The fraction of sp³-hybridized carbons (Fsp3) is 0.0833. The van der Waals surface area contributed by atoms with Crippen LogP contribution in [0.15, 0.2) is 36.0 Å². The maximum absolute atomic E-state index is 13.5. The van der Waals surface area contributed by atoms with Gasteiger partial charge in [0.2, 0.25) is 0 Å². The summed E-state index contributed by atoms with van der Waals surface area (Å²) in [6.45, 7) is 0. The van der Waals surface area contributed by atoms with Crippen LogP contribution in [0.2, 0.25) is 0 Å². The number of rotatable bonds is 3. The molecule has 0 spiro atoms. The molecule has 0 fully saturated rings. The first-order valence-electron chi connectivity index (χ1n) is 4.80. The molecule has 84 valence electrons. The van der Waals surface area contributed by atoms with Crippen molar-refractivity contribution in [1.82, 2.24) is 4.98 Å². The average Bonchev–Trinajstić information content (AvgIpc) is 2.86. The zero-order valence-corrected chi connectivity index (χ0v) is 9.45. The van der Waals surface area contributed by atoms with Crippen molar-refractivity contribution in [1.29, 1.82) is 5.26 Å². The topological polar surface area (TPSA) is 53.8 Å². The molecule has 5 heteroatoms. The van der Waals surface area contributed by atoms with Gasteiger partial charge in [0.05, 0.1) is 16.5 Å². The Morgan fingerprint density at radius 2 is 2.24 bits per heavy atom. The van der Waals surface area contributed by atoms with Crippen molar-refractivity contribution >= 4 is 17.1 Å². The van der Waals surface area contributed by atoms with E-state index in [2.05, 4.69) is 4.98 Å². The van der Waals surface area contributed by atoms with E-state index in [0.29, 0.717) is 4.88 Å². The first-order chi connectivity index (χ1) is 8.24. The van der Waals surface area contributed by atoms with E-state index in [4.69, 9.17) is 5.26 Å². The van der Waals surface area contributed by atoms with Gasteiger partial charge in [-0.05, 0) is 6.07 Å². The van der Waals surface area contributed by atoms with Gasteiger partial charge in [0.15, 0.2) is 5.78 Å². The monoisotopic (exact) mass is 246 g/mol. The second-order valence-corrected chi connectivity index (χ2v) is 4.20. The molecule has 0 aliphatic rings. The van der Waals surface area contributed by atoms with Gasteiger partial charge in [-0.1, -0.05) is 18.2 Å². The Morgan fingerprint density at radius 3 is 2.82 bits per heavy atom. The van der Waals surface area contributed by atoms with E-state index in [1.807, 2.05) is 6.07 Å². The highest BCUT2D eigenvalue weighted by Crippen LogP contribution is 2.24. The normalized spacial score (nSPS) is 11.8. The molecule has 1 aromatic heterocycles. The molecule has 0 aliphatic heterocycles. The van der Waals surface area contributed by atoms with Crippen LogP contribution < -0.4 is 0 Å². The molecule has 0 saturated carbocycles. The Morgan fingerprint density at radius 1 is 1.47 bits per heavy atom. The number of Topliss-reactive ketones (excluding diaryl/α,β-unsaturated/α-hetero) is 1. The third-order valence-electron chi connectivity index (χ3n) is 2.28. The number of carbonyl (C=O) groups excluding carboxylic acids is 1. The molecule has 0 bridgehead atoms. The quantitative estimate of drug-likeness (QED) is 0.782. The molecule has 0 aliphatic carbocycles. The number of benzene rings is 1. The Kier molecular flexibility index (Phi) is 3.26. The van der Waals surface area contributed by atoms with Gasteiger partial charge < -0.3 is 0 Å². The third kappa shape index (κ3) is 2.22. The van der Waals surface area contributed by atoms with E-state index in [1.165, 1.54) is 29.9 Å². The Hall–Kier alpha value is -2.06. The van der Waals surface area contributed by atoms with E-state index in [0.717, 1.165) is 11.3 Å². The van der Waals surface area contributed by atoms with Gasteiger partial charge in [0, 0.05) is 11.8 Å². The highest BCUT2D eigenvalue weighted by Gasteiger charge is 2.25. The van der Waals surface area contributed by atoms with Crippen molar-refractivity contribution in [3.8, 4) is 6.07 Å². The van der Waals surface area contributed by atoms with Gasteiger partial charge in [-0.15, -0.1) is 11.3 Å². The largest absolute Gasteiger partial charge is 0.291 e. The zero-order chi connectivity index (χ0) is 12.3. The van der Waals surface area contributed by atoms with Crippen molar-refractivity contribution in [2.24, 2.45) is 0 Å². The molecule has 0 radical (unpaired) electrons. The molecule has 2 aromatic rings. The maximum Gasteiger partial charge on any atom is 0.196 e. The molecule has 1 unspecified atom stereocenters. The molecular formula is C12H7FN2OS. The number of carbonyl (C=O) groups is 1. The minimum atomic E-state index is -1.11. The second-order valence-electron chi connectivity index (χ2n) is 3.31. The summed E-state index contributed by atoms with van der Waals surface area (Å²) in [6.07, 6.45) is 1.39. The van der Waals surface area contributed by atoms with Crippen LogP contribution in [0.25, 0.3) is 0 Å². The summed E-state index contributed by atoms with van der Waals surface area (Å²) in [4.78, 5) is 16.1. The lowest BCUT2D eigenvalue weighted by Crippen LogP contribution is -2.11. The van der Waals surface area contributed by atoms with Gasteiger partial charge in [0.1, 0.15) is 11.7 Å². The molecule has 1 heterocycles. The average molecular weight is 246 g/mol. The third-order valence-corrected chi connectivity index (χ3v) is 3.07. The highest BCUT2D eigenvalue weighted by molar-refractivity contribution is 7.11. The van der Waals surface area contributed by atoms with Crippen LogP contribution in [-0.4, -0.2) is 10.8 Å². The highest BCUT2D eigenvalue weighted by atomic mass is 32.1. The van der Waals surface area contributed by atoms with Gasteiger partial charge >= 0.3 is 0 Å². The van der Waals surface area contributed by atoms with Crippen molar-refractivity contribution in [2.75, 3.05) is 0 Å². The first-order valence-corrected chi connectivity index (χ1v) is 5.68. The van der Waals surface area contributed by atoms with Crippen LogP contribution in [0.1, 0.15) is 21.2 Å². The van der Waals surface area contributed by atoms with E-state index in [1.54, 1.807) is 6.07 Å². The van der Waals surface area contributed by atoms with E-state index >= 15 is 0 Å². The number of nitriles is 1. The number of hydrogen-bond donors (Lipinski definition) is 0. The summed E-state index contributed by atoms with van der Waals surface area (Å²) in [5.74, 6) is -2.08. The standard InChI is InChI=1S/C12H7FN2OS/c13-10-4-2-1-3-8(10)9(5-14)12(16)11-6-15-7-17-11/h1-4,6-7,9H. The lowest BCUT2D eigenvalue weighted by molar-refractivity contribution is 0.0981. The Balaban J connectivity index is 2.39. The fourth-order valence-corrected chi connectivity index (χ4v) is 2.05. The lowest BCUT2D eigenvalue weighted by atomic mass is 9.95. The van der Waals surface area contributed by atoms with Gasteiger partial charge in [-0.3, -0.25) is 9.78 Å². The second kappa shape index (κ2) is 4.85. The zero-order valence-electron chi connectivity index (χ0n) is 8.63. The van der Waals surface area contributed by atoms with Crippen LogP contribution in [0.4, 0.5) is 4.39 Å². The van der Waals surface area contributed by atoms with Crippen LogP contribution in [0, 0.1) is 17.1 Å². The molecule has 17 heavy (non-hydrogen) atoms. The SMILES string of the molecule is N#CC(C(=O)c1cncs1)c1ccccc1F. The van der Waals surface area contributed by atoms with E-state index < -0.39 is 17.5 Å². The summed E-state index contributed by atoms with van der Waals surface area (Å²) in [5, 5.41) is 9.02. The molecule has 0 saturated heterocycles. The summed E-state index contributed by atoms with van der Waals surface area (Å²) >= 11 is 1.14. The summed E-state index contributed by atoms with van der Waals surface area (Å²) < 4.78 is 13.5. The minimum Gasteiger partial charge on any atom is -0.291 e.